The minimum absolute atomic E-state index is 0. The predicted molar refractivity (Wildman–Crippen MR) is 122 cm³/mol. The molecule has 0 aromatic heterocycles. The standard InChI is InChI=1S/C22H32N2O2.2ClH/c1-25-18-6-3-7-19-26-22(24-16-14-23-15-17-24)12-10-21(11-13-22)20-8-4-2-5-9-20;;/h2,4-5,8-12,23H,3,6-7,13-19H2,1H3;2*1H. The van der Waals surface area contributed by atoms with Gasteiger partial charge >= 0.3 is 0 Å². The number of halogens is 2. The van der Waals surface area contributed by atoms with E-state index < -0.39 is 0 Å². The van der Waals surface area contributed by atoms with Gasteiger partial charge in [-0.15, -0.1) is 24.8 Å². The minimum atomic E-state index is -0.290. The van der Waals surface area contributed by atoms with Crippen LogP contribution in [-0.2, 0) is 9.47 Å². The van der Waals surface area contributed by atoms with Crippen LogP contribution in [0.25, 0.3) is 5.57 Å². The van der Waals surface area contributed by atoms with Crippen LogP contribution >= 0.6 is 24.8 Å². The molecule has 1 unspecified atom stereocenters. The van der Waals surface area contributed by atoms with Gasteiger partial charge in [-0.05, 0) is 36.5 Å². The van der Waals surface area contributed by atoms with Crippen molar-refractivity contribution in [3.05, 3.63) is 54.1 Å². The fourth-order valence-corrected chi connectivity index (χ4v) is 3.71. The maximum absolute atomic E-state index is 6.50. The highest BCUT2D eigenvalue weighted by molar-refractivity contribution is 5.85. The molecule has 0 bridgehead atoms. The van der Waals surface area contributed by atoms with E-state index in [0.29, 0.717) is 0 Å². The molecule has 1 atom stereocenters. The van der Waals surface area contributed by atoms with Crippen molar-refractivity contribution in [2.75, 3.05) is 46.5 Å². The number of hydrogen-bond donors (Lipinski definition) is 1. The first kappa shape index (κ1) is 25.2. The molecule has 1 saturated heterocycles. The third-order valence-corrected chi connectivity index (χ3v) is 5.24. The van der Waals surface area contributed by atoms with Crippen molar-refractivity contribution in [1.82, 2.24) is 10.2 Å². The molecular formula is C22H34Cl2N2O2. The number of benzene rings is 1. The first-order chi connectivity index (χ1) is 12.8. The van der Waals surface area contributed by atoms with Crippen molar-refractivity contribution >= 4 is 30.4 Å². The van der Waals surface area contributed by atoms with Gasteiger partial charge in [0.05, 0.1) is 0 Å². The molecule has 0 saturated carbocycles. The number of hydrogen-bond acceptors (Lipinski definition) is 4. The number of nitrogens with one attached hydrogen (secondary N) is 1. The van der Waals surface area contributed by atoms with Crippen LogP contribution in [0.1, 0.15) is 31.2 Å². The third-order valence-electron chi connectivity index (χ3n) is 5.24. The lowest BCUT2D eigenvalue weighted by molar-refractivity contribution is -0.125. The van der Waals surface area contributed by atoms with Crippen LogP contribution in [0.3, 0.4) is 0 Å². The molecule has 1 aliphatic carbocycles. The summed E-state index contributed by atoms with van der Waals surface area (Å²) in [6, 6.07) is 10.6. The lowest BCUT2D eigenvalue weighted by atomic mass is 9.93. The molecular weight excluding hydrogens is 395 g/mol. The molecule has 2 aliphatic rings. The summed E-state index contributed by atoms with van der Waals surface area (Å²) in [4.78, 5) is 2.49. The van der Waals surface area contributed by atoms with E-state index in [4.69, 9.17) is 9.47 Å². The Morgan fingerprint density at radius 1 is 1.00 bits per heavy atom. The van der Waals surface area contributed by atoms with Crippen molar-refractivity contribution < 1.29 is 9.47 Å². The van der Waals surface area contributed by atoms with E-state index in [2.05, 4.69) is 58.8 Å². The quantitative estimate of drug-likeness (QED) is 0.594. The molecule has 4 nitrogen and oxygen atoms in total. The van der Waals surface area contributed by atoms with Gasteiger partial charge in [-0.25, -0.2) is 0 Å². The first-order valence-electron chi connectivity index (χ1n) is 9.87. The lowest BCUT2D eigenvalue weighted by Gasteiger charge is -2.44. The zero-order valence-electron chi connectivity index (χ0n) is 16.8. The zero-order chi connectivity index (χ0) is 18.1. The number of allylic oxidation sites excluding steroid dienone is 2. The van der Waals surface area contributed by atoms with Crippen LogP contribution in [0.15, 0.2) is 48.6 Å². The van der Waals surface area contributed by atoms with Gasteiger partial charge in [-0.1, -0.05) is 42.5 Å². The second kappa shape index (κ2) is 13.4. The average molecular weight is 429 g/mol. The van der Waals surface area contributed by atoms with Crippen molar-refractivity contribution in [2.24, 2.45) is 0 Å². The molecule has 1 aliphatic heterocycles. The second-order valence-corrected chi connectivity index (χ2v) is 7.05. The summed E-state index contributed by atoms with van der Waals surface area (Å²) < 4.78 is 11.6. The summed E-state index contributed by atoms with van der Waals surface area (Å²) in [6.07, 6.45) is 11.1. The fourth-order valence-electron chi connectivity index (χ4n) is 3.71. The van der Waals surface area contributed by atoms with Gasteiger partial charge in [-0.2, -0.15) is 0 Å². The maximum Gasteiger partial charge on any atom is 0.144 e. The number of ether oxygens (including phenoxy) is 2. The molecule has 6 heteroatoms. The van der Waals surface area contributed by atoms with Crippen molar-refractivity contribution in [3.63, 3.8) is 0 Å². The Bertz CT molecular complexity index is 604. The summed E-state index contributed by atoms with van der Waals surface area (Å²) in [6.45, 7) is 5.76. The molecule has 3 rings (SSSR count). The summed E-state index contributed by atoms with van der Waals surface area (Å²) in [5, 5.41) is 3.45. The van der Waals surface area contributed by atoms with Crippen LogP contribution in [0, 0.1) is 0 Å². The Hall–Kier alpha value is -0.880. The Kier molecular flexibility index (Phi) is 12.0. The predicted octanol–water partition coefficient (Wildman–Crippen LogP) is 4.31. The van der Waals surface area contributed by atoms with Gasteiger partial charge in [0.25, 0.3) is 0 Å². The molecule has 0 spiro atoms. The normalized spacial score (nSPS) is 22.1. The summed E-state index contributed by atoms with van der Waals surface area (Å²) in [7, 11) is 1.76. The van der Waals surface area contributed by atoms with Gasteiger partial charge in [0.2, 0.25) is 0 Å². The van der Waals surface area contributed by atoms with E-state index >= 15 is 0 Å². The van der Waals surface area contributed by atoms with Gasteiger partial charge in [0.1, 0.15) is 5.72 Å². The molecule has 1 fully saturated rings. The average Bonchev–Trinajstić information content (AvgIpc) is 2.72. The summed E-state index contributed by atoms with van der Waals surface area (Å²) in [5.74, 6) is 0. The summed E-state index contributed by atoms with van der Waals surface area (Å²) in [5.41, 5.74) is 2.28. The largest absolute Gasteiger partial charge is 0.385 e. The SMILES string of the molecule is COCCCCCOC1(N2CCNCC2)C=CC(c2ccccc2)=CC1.Cl.Cl. The molecule has 28 heavy (non-hydrogen) atoms. The first-order valence-corrected chi connectivity index (χ1v) is 9.87. The van der Waals surface area contributed by atoms with Crippen LogP contribution in [0.2, 0.25) is 0 Å². The molecule has 1 aromatic rings. The van der Waals surface area contributed by atoms with Gasteiger partial charge in [0.15, 0.2) is 0 Å². The van der Waals surface area contributed by atoms with Crippen molar-refractivity contribution in [2.45, 2.75) is 31.4 Å². The fraction of sp³-hybridized carbons (Fsp3) is 0.545. The van der Waals surface area contributed by atoms with Crippen molar-refractivity contribution in [3.8, 4) is 0 Å². The van der Waals surface area contributed by atoms with E-state index in [1.54, 1.807) is 7.11 Å². The van der Waals surface area contributed by atoms with Gasteiger partial charge in [-0.3, -0.25) is 4.90 Å². The van der Waals surface area contributed by atoms with Crippen LogP contribution in [0.5, 0.6) is 0 Å². The molecule has 0 amide bonds. The highest BCUT2D eigenvalue weighted by Crippen LogP contribution is 2.33. The smallest absolute Gasteiger partial charge is 0.144 e. The van der Waals surface area contributed by atoms with Gasteiger partial charge < -0.3 is 14.8 Å². The Labute approximate surface area is 182 Å². The number of methoxy groups -OCH3 is 1. The molecule has 1 aromatic carbocycles. The molecule has 1 N–H and O–H groups in total. The number of nitrogens with zero attached hydrogens (tertiary/aromatic N) is 1. The molecule has 0 radical (unpaired) electrons. The number of piperazine rings is 1. The van der Waals surface area contributed by atoms with E-state index in [0.717, 1.165) is 65.1 Å². The highest BCUT2D eigenvalue weighted by atomic mass is 35.5. The topological polar surface area (TPSA) is 33.7 Å². The lowest BCUT2D eigenvalue weighted by Crippen LogP contribution is -2.57. The number of unbranched alkanes of at least 4 members (excludes halogenated alkanes) is 2. The Morgan fingerprint density at radius 2 is 1.71 bits per heavy atom. The van der Waals surface area contributed by atoms with Crippen molar-refractivity contribution in [1.29, 1.82) is 0 Å². The minimum Gasteiger partial charge on any atom is -0.385 e. The van der Waals surface area contributed by atoms with Crippen LogP contribution in [0.4, 0.5) is 0 Å². The maximum atomic E-state index is 6.50. The van der Waals surface area contributed by atoms with Crippen LogP contribution in [-0.4, -0.2) is 57.1 Å². The third kappa shape index (κ3) is 6.87. The Balaban J connectivity index is 0.00000196. The monoisotopic (exact) mass is 428 g/mol. The van der Waals surface area contributed by atoms with Crippen LogP contribution < -0.4 is 5.32 Å². The molecule has 158 valence electrons. The Morgan fingerprint density at radius 3 is 2.36 bits per heavy atom. The highest BCUT2D eigenvalue weighted by Gasteiger charge is 2.36. The van der Waals surface area contributed by atoms with E-state index in [-0.39, 0.29) is 30.5 Å². The van der Waals surface area contributed by atoms with E-state index in [9.17, 15) is 0 Å². The number of rotatable bonds is 9. The second-order valence-electron chi connectivity index (χ2n) is 7.05. The zero-order valence-corrected chi connectivity index (χ0v) is 18.4. The van der Waals surface area contributed by atoms with E-state index in [1.807, 2.05) is 0 Å². The van der Waals surface area contributed by atoms with E-state index in [1.165, 1.54) is 11.1 Å². The van der Waals surface area contributed by atoms with Gasteiger partial charge in [0, 0.05) is 52.9 Å². The molecule has 1 heterocycles. The summed E-state index contributed by atoms with van der Waals surface area (Å²) >= 11 is 0.